The second kappa shape index (κ2) is 6.10. The molecule has 1 rings (SSSR count). The molecule has 0 radical (unpaired) electrons. The van der Waals surface area contributed by atoms with Crippen molar-refractivity contribution in [3.8, 4) is 5.75 Å². The number of methoxy groups -OCH3 is 1. The van der Waals surface area contributed by atoms with E-state index in [0.717, 1.165) is 0 Å². The zero-order valence-corrected chi connectivity index (χ0v) is 11.1. The lowest BCUT2D eigenvalue weighted by Crippen LogP contribution is -2.14. The zero-order valence-electron chi connectivity index (χ0n) is 9.54. The van der Waals surface area contributed by atoms with Crippen molar-refractivity contribution in [3.63, 3.8) is 0 Å². The fourth-order valence-electron chi connectivity index (χ4n) is 1.51. The van der Waals surface area contributed by atoms with Gasteiger partial charge in [0.1, 0.15) is 0 Å². The van der Waals surface area contributed by atoms with Gasteiger partial charge >= 0.3 is 5.97 Å². The van der Waals surface area contributed by atoms with Gasteiger partial charge in [0.15, 0.2) is 11.6 Å². The first-order valence-electron chi connectivity index (χ1n) is 5.07. The van der Waals surface area contributed by atoms with E-state index in [-0.39, 0.29) is 28.6 Å². The summed E-state index contributed by atoms with van der Waals surface area (Å²) in [6, 6.07) is 0.548. The van der Waals surface area contributed by atoms with E-state index in [1.54, 1.807) is 0 Å². The van der Waals surface area contributed by atoms with Crippen LogP contribution in [0.2, 0.25) is 0 Å². The summed E-state index contributed by atoms with van der Waals surface area (Å²) in [5, 5.41) is 8.56. The lowest BCUT2D eigenvalue weighted by molar-refractivity contribution is -0.137. The standard InChI is InChI=1S/C11H12BrF2NO3/c1-18-11-5(7(15)2-3-8(16)17)4-6(12)9(13)10(11)14/h4,7H,2-3,15H2,1H3,(H,16,17). The van der Waals surface area contributed by atoms with Gasteiger partial charge in [-0.1, -0.05) is 0 Å². The van der Waals surface area contributed by atoms with Gasteiger partial charge in [0.25, 0.3) is 0 Å². The minimum absolute atomic E-state index is 0.0819. The average Bonchev–Trinajstić information content (AvgIpc) is 2.32. The number of nitrogens with two attached hydrogens (primary N) is 1. The molecule has 0 heterocycles. The van der Waals surface area contributed by atoms with Crippen molar-refractivity contribution in [1.29, 1.82) is 0 Å². The van der Waals surface area contributed by atoms with Crippen LogP contribution < -0.4 is 10.5 Å². The molecule has 7 heteroatoms. The molecule has 1 aromatic carbocycles. The summed E-state index contributed by atoms with van der Waals surface area (Å²) in [7, 11) is 1.19. The van der Waals surface area contributed by atoms with Crippen LogP contribution in [0.4, 0.5) is 8.78 Å². The first kappa shape index (κ1) is 14.8. The fourth-order valence-corrected chi connectivity index (χ4v) is 1.93. The van der Waals surface area contributed by atoms with Gasteiger partial charge < -0.3 is 15.6 Å². The summed E-state index contributed by atoms with van der Waals surface area (Å²) in [4.78, 5) is 10.4. The molecule has 0 aliphatic rings. The van der Waals surface area contributed by atoms with Crippen LogP contribution in [-0.4, -0.2) is 18.2 Å². The Labute approximate surface area is 111 Å². The van der Waals surface area contributed by atoms with Crippen LogP contribution in [0.5, 0.6) is 5.75 Å². The lowest BCUT2D eigenvalue weighted by atomic mass is 10.0. The van der Waals surface area contributed by atoms with Gasteiger partial charge in [-0.25, -0.2) is 4.39 Å². The molecule has 4 nitrogen and oxygen atoms in total. The third-order valence-electron chi connectivity index (χ3n) is 2.42. The number of hydrogen-bond acceptors (Lipinski definition) is 3. The van der Waals surface area contributed by atoms with Crippen molar-refractivity contribution in [2.75, 3.05) is 7.11 Å². The molecule has 0 bridgehead atoms. The Morgan fingerprint density at radius 2 is 2.17 bits per heavy atom. The van der Waals surface area contributed by atoms with Crippen molar-refractivity contribution >= 4 is 21.9 Å². The Morgan fingerprint density at radius 1 is 1.56 bits per heavy atom. The topological polar surface area (TPSA) is 72.5 Å². The fraction of sp³-hybridized carbons (Fsp3) is 0.364. The number of ether oxygens (including phenoxy) is 1. The van der Waals surface area contributed by atoms with E-state index in [2.05, 4.69) is 15.9 Å². The zero-order chi connectivity index (χ0) is 13.9. The van der Waals surface area contributed by atoms with Crippen LogP contribution >= 0.6 is 15.9 Å². The maximum atomic E-state index is 13.6. The maximum Gasteiger partial charge on any atom is 0.303 e. The highest BCUT2D eigenvalue weighted by Crippen LogP contribution is 2.34. The first-order chi connectivity index (χ1) is 8.38. The number of carboxylic acid groups (broad SMARTS) is 1. The molecule has 0 fully saturated rings. The Bertz CT molecular complexity index is 468. The van der Waals surface area contributed by atoms with Gasteiger partial charge in [-0.3, -0.25) is 4.79 Å². The number of rotatable bonds is 5. The predicted octanol–water partition coefficient (Wildman–Crippen LogP) is 2.60. The average molecular weight is 324 g/mol. The third-order valence-corrected chi connectivity index (χ3v) is 3.00. The molecule has 18 heavy (non-hydrogen) atoms. The van der Waals surface area contributed by atoms with Crippen LogP contribution in [0, 0.1) is 11.6 Å². The Morgan fingerprint density at radius 3 is 2.67 bits per heavy atom. The molecular formula is C11H12BrF2NO3. The normalized spacial score (nSPS) is 12.3. The van der Waals surface area contributed by atoms with Crippen LogP contribution in [0.25, 0.3) is 0 Å². The molecule has 100 valence electrons. The Hall–Kier alpha value is -1.21. The van der Waals surface area contributed by atoms with E-state index in [1.165, 1.54) is 13.2 Å². The third kappa shape index (κ3) is 3.17. The van der Waals surface area contributed by atoms with Crippen LogP contribution in [0.1, 0.15) is 24.4 Å². The maximum absolute atomic E-state index is 13.6. The minimum atomic E-state index is -1.15. The molecule has 3 N–H and O–H groups in total. The summed E-state index contributed by atoms with van der Waals surface area (Å²) in [5.41, 5.74) is 5.98. The second-order valence-corrected chi connectivity index (χ2v) is 4.50. The van der Waals surface area contributed by atoms with Crippen molar-refractivity contribution in [1.82, 2.24) is 0 Å². The predicted molar refractivity (Wildman–Crippen MR) is 64.4 cm³/mol. The molecule has 0 aromatic heterocycles. The van der Waals surface area contributed by atoms with Gasteiger partial charge in [0.2, 0.25) is 5.82 Å². The molecule has 0 aliphatic carbocycles. The quantitative estimate of drug-likeness (QED) is 0.817. The minimum Gasteiger partial charge on any atom is -0.493 e. The number of hydrogen-bond donors (Lipinski definition) is 2. The summed E-state index contributed by atoms with van der Waals surface area (Å²) >= 11 is 2.87. The first-order valence-corrected chi connectivity index (χ1v) is 5.86. The summed E-state index contributed by atoms with van der Waals surface area (Å²) in [5.74, 6) is -3.52. The molecule has 1 unspecified atom stereocenters. The molecule has 0 saturated carbocycles. The van der Waals surface area contributed by atoms with E-state index in [1.807, 2.05) is 0 Å². The van der Waals surface area contributed by atoms with Crippen molar-refractivity contribution in [3.05, 3.63) is 27.7 Å². The monoisotopic (exact) mass is 323 g/mol. The van der Waals surface area contributed by atoms with Gasteiger partial charge in [-0.05, 0) is 28.4 Å². The molecule has 0 spiro atoms. The van der Waals surface area contributed by atoms with E-state index in [4.69, 9.17) is 15.6 Å². The molecule has 0 aliphatic heterocycles. The van der Waals surface area contributed by atoms with Gasteiger partial charge in [0, 0.05) is 18.0 Å². The Balaban J connectivity index is 3.11. The molecule has 1 aromatic rings. The molecular weight excluding hydrogens is 312 g/mol. The van der Waals surface area contributed by atoms with Gasteiger partial charge in [0.05, 0.1) is 11.6 Å². The molecule has 1 atom stereocenters. The van der Waals surface area contributed by atoms with Crippen LogP contribution in [0.3, 0.4) is 0 Å². The second-order valence-electron chi connectivity index (χ2n) is 3.65. The molecule has 0 saturated heterocycles. The number of halogens is 3. The highest BCUT2D eigenvalue weighted by atomic mass is 79.9. The summed E-state index contributed by atoms with van der Waals surface area (Å²) < 4.78 is 31.6. The van der Waals surface area contributed by atoms with Crippen molar-refractivity contribution < 1.29 is 23.4 Å². The largest absolute Gasteiger partial charge is 0.493 e. The number of carbonyl (C=O) groups is 1. The molecule has 0 amide bonds. The highest BCUT2D eigenvalue weighted by molar-refractivity contribution is 9.10. The smallest absolute Gasteiger partial charge is 0.303 e. The van der Waals surface area contributed by atoms with Gasteiger partial charge in [-0.15, -0.1) is 0 Å². The number of carboxylic acids is 1. The lowest BCUT2D eigenvalue weighted by Gasteiger charge is -2.16. The van der Waals surface area contributed by atoms with Crippen LogP contribution in [-0.2, 0) is 4.79 Å². The summed E-state index contributed by atoms with van der Waals surface area (Å²) in [6.45, 7) is 0. The highest BCUT2D eigenvalue weighted by Gasteiger charge is 2.22. The van der Waals surface area contributed by atoms with Gasteiger partial charge in [-0.2, -0.15) is 4.39 Å². The van der Waals surface area contributed by atoms with Crippen LogP contribution in [0.15, 0.2) is 10.5 Å². The van der Waals surface area contributed by atoms with E-state index in [0.29, 0.717) is 0 Å². The van der Waals surface area contributed by atoms with E-state index < -0.39 is 23.6 Å². The van der Waals surface area contributed by atoms with Crippen molar-refractivity contribution in [2.45, 2.75) is 18.9 Å². The van der Waals surface area contributed by atoms with Crippen molar-refractivity contribution in [2.24, 2.45) is 5.73 Å². The number of benzene rings is 1. The van der Waals surface area contributed by atoms with E-state index >= 15 is 0 Å². The SMILES string of the molecule is COc1c(C(N)CCC(=O)O)cc(Br)c(F)c1F. The Kier molecular flexibility index (Phi) is 5.03. The summed E-state index contributed by atoms with van der Waals surface area (Å²) in [6.07, 6.45) is -0.0653. The van der Waals surface area contributed by atoms with E-state index in [9.17, 15) is 13.6 Å². The number of aliphatic carboxylic acids is 1.